The van der Waals surface area contributed by atoms with Crippen LogP contribution >= 0.6 is 0 Å². The second-order valence-corrected chi connectivity index (χ2v) is 5.92. The van der Waals surface area contributed by atoms with Gasteiger partial charge in [0.25, 0.3) is 5.91 Å². The van der Waals surface area contributed by atoms with Gasteiger partial charge in [-0.3, -0.25) is 9.48 Å². The molecule has 3 aromatic rings. The molecular weight excluding hydrogens is 294 g/mol. The number of carbonyl (C=O) groups excluding carboxylic acids is 1. The number of anilines is 1. The normalized spacial score (nSPS) is 11.4. The summed E-state index contributed by atoms with van der Waals surface area (Å²) in [6.45, 7) is 7.60. The number of aryl methyl sites for hydroxylation is 3. The molecule has 0 atom stereocenters. The Morgan fingerprint density at radius 3 is 2.74 bits per heavy atom. The van der Waals surface area contributed by atoms with Crippen molar-refractivity contribution in [1.82, 2.24) is 19.9 Å². The summed E-state index contributed by atoms with van der Waals surface area (Å²) in [5.41, 5.74) is 3.34. The molecule has 0 aliphatic heterocycles. The maximum absolute atomic E-state index is 12.6. The molecule has 7 nitrogen and oxygen atoms in total. The van der Waals surface area contributed by atoms with Crippen LogP contribution in [-0.4, -0.2) is 25.8 Å². The predicted molar refractivity (Wildman–Crippen MR) is 86.5 cm³/mol. The summed E-state index contributed by atoms with van der Waals surface area (Å²) < 4.78 is 6.99. The van der Waals surface area contributed by atoms with Crippen molar-refractivity contribution in [2.24, 2.45) is 7.05 Å². The third-order valence-corrected chi connectivity index (χ3v) is 3.76. The zero-order valence-corrected chi connectivity index (χ0v) is 13.8. The fraction of sp³-hybridized carbons (Fsp3) is 0.375. The van der Waals surface area contributed by atoms with Crippen LogP contribution in [0.4, 0.5) is 5.69 Å². The molecule has 3 heterocycles. The quantitative estimate of drug-likeness (QED) is 0.803. The Balaban J connectivity index is 1.94. The molecule has 0 radical (unpaired) electrons. The van der Waals surface area contributed by atoms with Crippen molar-refractivity contribution in [1.29, 1.82) is 0 Å². The lowest BCUT2D eigenvalue weighted by molar-refractivity contribution is 0.102. The predicted octanol–water partition coefficient (Wildman–Crippen LogP) is 2.95. The minimum atomic E-state index is -0.241. The molecule has 3 rings (SSSR count). The zero-order valence-electron chi connectivity index (χ0n) is 13.8. The third kappa shape index (κ3) is 2.58. The van der Waals surface area contributed by atoms with E-state index in [1.165, 1.54) is 0 Å². The van der Waals surface area contributed by atoms with Crippen LogP contribution in [0.3, 0.4) is 0 Å². The van der Waals surface area contributed by atoms with Crippen molar-refractivity contribution < 1.29 is 9.32 Å². The molecule has 0 aliphatic carbocycles. The van der Waals surface area contributed by atoms with Crippen molar-refractivity contribution in [2.45, 2.75) is 33.6 Å². The van der Waals surface area contributed by atoms with E-state index in [1.54, 1.807) is 17.8 Å². The Labute approximate surface area is 133 Å². The topological polar surface area (TPSA) is 85.8 Å². The van der Waals surface area contributed by atoms with Gasteiger partial charge in [-0.2, -0.15) is 5.10 Å². The van der Waals surface area contributed by atoms with Gasteiger partial charge in [0, 0.05) is 18.4 Å². The Bertz CT molecular complexity index is 891. The number of amides is 1. The first-order chi connectivity index (χ1) is 10.9. The second-order valence-electron chi connectivity index (χ2n) is 5.92. The van der Waals surface area contributed by atoms with E-state index in [1.807, 2.05) is 33.9 Å². The number of nitrogens with one attached hydrogen (secondary N) is 1. The van der Waals surface area contributed by atoms with E-state index in [2.05, 4.69) is 20.6 Å². The average molecular weight is 313 g/mol. The van der Waals surface area contributed by atoms with Gasteiger partial charge in [0.05, 0.1) is 23.3 Å². The Morgan fingerprint density at radius 2 is 2.04 bits per heavy atom. The second kappa shape index (κ2) is 5.49. The molecule has 0 bridgehead atoms. The molecule has 0 aliphatic rings. The summed E-state index contributed by atoms with van der Waals surface area (Å²) in [4.78, 5) is 17.0. The summed E-state index contributed by atoms with van der Waals surface area (Å²) >= 11 is 0. The van der Waals surface area contributed by atoms with Crippen molar-refractivity contribution in [2.75, 3.05) is 5.32 Å². The number of aromatic nitrogens is 4. The van der Waals surface area contributed by atoms with Gasteiger partial charge in [0.15, 0.2) is 11.4 Å². The van der Waals surface area contributed by atoms with Gasteiger partial charge in [0.1, 0.15) is 5.56 Å². The van der Waals surface area contributed by atoms with E-state index in [0.717, 1.165) is 16.7 Å². The van der Waals surface area contributed by atoms with Gasteiger partial charge in [-0.1, -0.05) is 19.0 Å². The zero-order chi connectivity index (χ0) is 16.7. The number of pyridine rings is 1. The van der Waals surface area contributed by atoms with Gasteiger partial charge in [-0.05, 0) is 19.9 Å². The van der Waals surface area contributed by atoms with Gasteiger partial charge < -0.3 is 9.84 Å². The maximum atomic E-state index is 12.6. The van der Waals surface area contributed by atoms with Crippen LogP contribution in [0.25, 0.3) is 11.0 Å². The van der Waals surface area contributed by atoms with Crippen LogP contribution in [-0.2, 0) is 7.05 Å². The van der Waals surface area contributed by atoms with E-state index in [4.69, 9.17) is 4.52 Å². The number of hydrogen-bond donors (Lipinski definition) is 1. The smallest absolute Gasteiger partial charge is 0.261 e. The fourth-order valence-electron chi connectivity index (χ4n) is 2.63. The molecule has 23 heavy (non-hydrogen) atoms. The fourth-order valence-corrected chi connectivity index (χ4v) is 2.63. The summed E-state index contributed by atoms with van der Waals surface area (Å²) in [6.07, 6.45) is 1.62. The first kappa shape index (κ1) is 15.2. The lowest BCUT2D eigenvalue weighted by atomic mass is 10.0. The molecule has 120 valence electrons. The molecular formula is C16H19N5O2. The average Bonchev–Trinajstić information content (AvgIpc) is 3.00. The molecule has 1 N–H and O–H groups in total. The van der Waals surface area contributed by atoms with E-state index in [0.29, 0.717) is 22.7 Å². The van der Waals surface area contributed by atoms with E-state index in [-0.39, 0.29) is 11.8 Å². The minimum absolute atomic E-state index is 0.0816. The van der Waals surface area contributed by atoms with Gasteiger partial charge in [-0.25, -0.2) is 4.98 Å². The largest absolute Gasteiger partial charge is 0.360 e. The van der Waals surface area contributed by atoms with Gasteiger partial charge >= 0.3 is 0 Å². The molecule has 3 aromatic heterocycles. The third-order valence-electron chi connectivity index (χ3n) is 3.76. The monoisotopic (exact) mass is 313 g/mol. The summed E-state index contributed by atoms with van der Waals surface area (Å²) in [5.74, 6) is 0.430. The number of rotatable bonds is 3. The first-order valence-electron chi connectivity index (χ1n) is 7.45. The molecule has 0 unspecified atom stereocenters. The van der Waals surface area contributed by atoms with E-state index in [9.17, 15) is 4.79 Å². The Hall–Kier alpha value is -2.70. The molecule has 7 heteroatoms. The van der Waals surface area contributed by atoms with Crippen LogP contribution in [0.15, 0.2) is 16.8 Å². The highest BCUT2D eigenvalue weighted by Gasteiger charge is 2.23. The summed E-state index contributed by atoms with van der Waals surface area (Å²) in [7, 11) is 1.84. The molecule has 0 aromatic carbocycles. The SMILES string of the molecule is Cc1noc(C(C)C)c1C(=O)Nc1cnc2c(c1)c(C)nn2C. The van der Waals surface area contributed by atoms with Crippen molar-refractivity contribution >= 4 is 22.6 Å². The Morgan fingerprint density at radius 1 is 1.30 bits per heavy atom. The molecule has 0 spiro atoms. The van der Waals surface area contributed by atoms with E-state index < -0.39 is 0 Å². The standard InChI is InChI=1S/C16H19N5O2/c1-8(2)14-13(10(4)20-23-14)16(22)18-11-6-12-9(3)19-21(5)15(12)17-7-11/h6-8H,1-5H3,(H,18,22). The number of fused-ring (bicyclic) bond motifs is 1. The molecule has 0 saturated heterocycles. The van der Waals surface area contributed by atoms with Gasteiger partial charge in [-0.15, -0.1) is 0 Å². The van der Waals surface area contributed by atoms with Gasteiger partial charge in [0.2, 0.25) is 0 Å². The lowest BCUT2D eigenvalue weighted by Crippen LogP contribution is -2.15. The first-order valence-corrected chi connectivity index (χ1v) is 7.45. The van der Waals surface area contributed by atoms with Crippen molar-refractivity contribution in [3.05, 3.63) is 35.0 Å². The van der Waals surface area contributed by atoms with Crippen molar-refractivity contribution in [3.8, 4) is 0 Å². The highest BCUT2D eigenvalue weighted by atomic mass is 16.5. The number of hydrogen-bond acceptors (Lipinski definition) is 5. The van der Waals surface area contributed by atoms with Crippen LogP contribution in [0.2, 0.25) is 0 Å². The number of nitrogens with zero attached hydrogens (tertiary/aromatic N) is 4. The maximum Gasteiger partial charge on any atom is 0.261 e. The molecule has 1 amide bonds. The molecule has 0 fully saturated rings. The minimum Gasteiger partial charge on any atom is -0.360 e. The summed E-state index contributed by atoms with van der Waals surface area (Å²) in [6, 6.07) is 1.88. The van der Waals surface area contributed by atoms with E-state index >= 15 is 0 Å². The lowest BCUT2D eigenvalue weighted by Gasteiger charge is -2.07. The van der Waals surface area contributed by atoms with Crippen molar-refractivity contribution in [3.63, 3.8) is 0 Å². The number of carbonyl (C=O) groups is 1. The van der Waals surface area contributed by atoms with Crippen LogP contribution in [0.5, 0.6) is 0 Å². The van der Waals surface area contributed by atoms with Crippen LogP contribution < -0.4 is 5.32 Å². The Kier molecular flexibility index (Phi) is 3.63. The molecule has 0 saturated carbocycles. The van der Waals surface area contributed by atoms with Crippen LogP contribution in [0, 0.1) is 13.8 Å². The highest BCUT2D eigenvalue weighted by molar-refractivity contribution is 6.06. The van der Waals surface area contributed by atoms with Crippen LogP contribution in [0.1, 0.15) is 47.3 Å². The highest BCUT2D eigenvalue weighted by Crippen LogP contribution is 2.24. The summed E-state index contributed by atoms with van der Waals surface area (Å²) in [5, 5.41) is 12.0.